The Morgan fingerprint density at radius 1 is 1.37 bits per heavy atom. The lowest BCUT2D eigenvalue weighted by molar-refractivity contribution is 0.477. The molecule has 4 nitrogen and oxygen atoms in total. The fraction of sp³-hybridized carbons (Fsp3) is 0.429. The van der Waals surface area contributed by atoms with Crippen molar-refractivity contribution in [1.82, 2.24) is 14.8 Å². The summed E-state index contributed by atoms with van der Waals surface area (Å²) in [4.78, 5) is 4.10. The molecular weight excluding hydrogens is 260 g/mol. The number of hydrogen-bond acceptors (Lipinski definition) is 3. The van der Waals surface area contributed by atoms with Gasteiger partial charge in [0.15, 0.2) is 0 Å². The lowest BCUT2D eigenvalue weighted by Gasteiger charge is -2.17. The summed E-state index contributed by atoms with van der Waals surface area (Å²) < 4.78 is 1.90. The summed E-state index contributed by atoms with van der Waals surface area (Å²) in [6.45, 7) is 4.14. The maximum absolute atomic E-state index is 6.26. The Labute approximate surface area is 118 Å². The van der Waals surface area contributed by atoms with Crippen LogP contribution in [0.25, 0.3) is 0 Å². The second-order valence-electron chi connectivity index (χ2n) is 4.92. The van der Waals surface area contributed by atoms with Gasteiger partial charge < -0.3 is 5.73 Å². The fourth-order valence-electron chi connectivity index (χ4n) is 2.11. The van der Waals surface area contributed by atoms with Crippen molar-refractivity contribution in [2.24, 2.45) is 5.73 Å². The summed E-state index contributed by atoms with van der Waals surface area (Å²) in [7, 11) is 0. The highest BCUT2D eigenvalue weighted by atomic mass is 35.5. The van der Waals surface area contributed by atoms with Gasteiger partial charge >= 0.3 is 0 Å². The zero-order valence-electron chi connectivity index (χ0n) is 11.3. The minimum absolute atomic E-state index is 0.113. The lowest BCUT2D eigenvalue weighted by Crippen LogP contribution is -2.18. The number of aryl methyl sites for hydroxylation is 1. The van der Waals surface area contributed by atoms with Crippen LogP contribution in [0.15, 0.2) is 30.7 Å². The minimum atomic E-state index is -0.113. The molecule has 0 saturated heterocycles. The van der Waals surface area contributed by atoms with E-state index in [2.05, 4.69) is 30.0 Å². The van der Waals surface area contributed by atoms with Gasteiger partial charge in [0.1, 0.15) is 0 Å². The van der Waals surface area contributed by atoms with Crippen LogP contribution in [0.5, 0.6) is 0 Å². The van der Waals surface area contributed by atoms with Crippen molar-refractivity contribution in [1.29, 1.82) is 0 Å². The molecule has 0 aliphatic heterocycles. The Balaban J connectivity index is 2.08. The first-order valence-corrected chi connectivity index (χ1v) is 6.84. The SMILES string of the molecule is CC(C)n1ncc(Cl)c1C(N)CCc1cccnc1. The van der Waals surface area contributed by atoms with E-state index >= 15 is 0 Å². The van der Waals surface area contributed by atoms with Gasteiger partial charge in [0.25, 0.3) is 0 Å². The molecule has 19 heavy (non-hydrogen) atoms. The van der Waals surface area contributed by atoms with Crippen LogP contribution >= 0.6 is 11.6 Å². The first-order valence-electron chi connectivity index (χ1n) is 6.47. The molecule has 0 aromatic carbocycles. The predicted octanol–water partition coefficient (Wildman–Crippen LogP) is 3.15. The van der Waals surface area contributed by atoms with Crippen LogP contribution in [0.3, 0.4) is 0 Å². The predicted molar refractivity (Wildman–Crippen MR) is 77.1 cm³/mol. The first-order chi connectivity index (χ1) is 9.09. The summed E-state index contributed by atoms with van der Waals surface area (Å²) in [5, 5.41) is 4.93. The Bertz CT molecular complexity index is 521. The normalized spacial score (nSPS) is 12.9. The highest BCUT2D eigenvalue weighted by molar-refractivity contribution is 6.31. The van der Waals surface area contributed by atoms with Gasteiger partial charge in [-0.25, -0.2) is 0 Å². The van der Waals surface area contributed by atoms with Gasteiger partial charge in [-0.15, -0.1) is 0 Å². The Morgan fingerprint density at radius 2 is 2.16 bits per heavy atom. The average molecular weight is 279 g/mol. The van der Waals surface area contributed by atoms with Gasteiger partial charge in [0.2, 0.25) is 0 Å². The highest BCUT2D eigenvalue weighted by Crippen LogP contribution is 2.26. The molecule has 0 radical (unpaired) electrons. The summed E-state index contributed by atoms with van der Waals surface area (Å²) in [5.41, 5.74) is 8.36. The summed E-state index contributed by atoms with van der Waals surface area (Å²) in [6.07, 6.45) is 7.02. The van der Waals surface area contributed by atoms with Crippen LogP contribution in [0.1, 0.15) is 43.6 Å². The quantitative estimate of drug-likeness (QED) is 0.914. The van der Waals surface area contributed by atoms with E-state index < -0.39 is 0 Å². The number of pyridine rings is 1. The zero-order chi connectivity index (χ0) is 13.8. The monoisotopic (exact) mass is 278 g/mol. The number of halogens is 1. The molecule has 0 spiro atoms. The Morgan fingerprint density at radius 3 is 2.79 bits per heavy atom. The molecule has 2 aromatic heterocycles. The van der Waals surface area contributed by atoms with Crippen molar-refractivity contribution < 1.29 is 0 Å². The smallest absolute Gasteiger partial charge is 0.0834 e. The van der Waals surface area contributed by atoms with Crippen LogP contribution in [-0.2, 0) is 6.42 Å². The maximum Gasteiger partial charge on any atom is 0.0834 e. The second kappa shape index (κ2) is 6.17. The number of aromatic nitrogens is 3. The van der Waals surface area contributed by atoms with Crippen LogP contribution in [0, 0.1) is 0 Å². The van der Waals surface area contributed by atoms with Gasteiger partial charge in [0.05, 0.1) is 16.9 Å². The van der Waals surface area contributed by atoms with Crippen LogP contribution in [-0.4, -0.2) is 14.8 Å². The van der Waals surface area contributed by atoms with Crippen LogP contribution < -0.4 is 5.73 Å². The van der Waals surface area contributed by atoms with Gasteiger partial charge in [-0.2, -0.15) is 5.10 Å². The van der Waals surface area contributed by atoms with Crippen molar-refractivity contribution in [3.05, 3.63) is 47.0 Å². The molecule has 2 N–H and O–H groups in total. The van der Waals surface area contributed by atoms with E-state index in [4.69, 9.17) is 17.3 Å². The van der Waals surface area contributed by atoms with Gasteiger partial charge in [0, 0.05) is 24.5 Å². The standard InChI is InChI=1S/C14H19ClN4/c1-10(2)19-14(12(15)9-18-19)13(16)6-5-11-4-3-7-17-8-11/h3-4,7-10,13H,5-6,16H2,1-2H3. The topological polar surface area (TPSA) is 56.7 Å². The van der Waals surface area contributed by atoms with Crippen molar-refractivity contribution in [2.75, 3.05) is 0 Å². The van der Waals surface area contributed by atoms with Crippen LogP contribution in [0.4, 0.5) is 0 Å². The van der Waals surface area contributed by atoms with Crippen LogP contribution in [0.2, 0.25) is 5.02 Å². The van der Waals surface area contributed by atoms with E-state index in [1.54, 1.807) is 12.4 Å². The summed E-state index contributed by atoms with van der Waals surface area (Å²) in [5.74, 6) is 0. The molecule has 0 amide bonds. The van der Waals surface area contributed by atoms with Crippen molar-refractivity contribution in [2.45, 2.75) is 38.8 Å². The van der Waals surface area contributed by atoms with Gasteiger partial charge in [-0.1, -0.05) is 17.7 Å². The van der Waals surface area contributed by atoms with E-state index in [-0.39, 0.29) is 12.1 Å². The fourth-order valence-corrected chi connectivity index (χ4v) is 2.38. The molecule has 102 valence electrons. The number of rotatable bonds is 5. The molecule has 2 rings (SSSR count). The van der Waals surface area contributed by atoms with Crippen molar-refractivity contribution in [3.8, 4) is 0 Å². The van der Waals surface area contributed by atoms with Crippen molar-refractivity contribution >= 4 is 11.6 Å². The molecule has 0 saturated carbocycles. The number of nitrogens with two attached hydrogens (primary N) is 1. The summed E-state index contributed by atoms with van der Waals surface area (Å²) >= 11 is 6.19. The zero-order valence-corrected chi connectivity index (χ0v) is 12.0. The van der Waals surface area contributed by atoms with E-state index in [0.29, 0.717) is 5.02 Å². The molecule has 0 fully saturated rings. The minimum Gasteiger partial charge on any atom is -0.323 e. The number of hydrogen-bond donors (Lipinski definition) is 1. The van der Waals surface area contributed by atoms with Gasteiger partial charge in [-0.3, -0.25) is 9.67 Å². The molecule has 1 unspecified atom stereocenters. The molecule has 2 heterocycles. The third-order valence-electron chi connectivity index (χ3n) is 3.09. The summed E-state index contributed by atoms with van der Waals surface area (Å²) in [6, 6.07) is 4.14. The first kappa shape index (κ1) is 14.0. The molecule has 0 aliphatic rings. The molecule has 0 bridgehead atoms. The highest BCUT2D eigenvalue weighted by Gasteiger charge is 2.18. The van der Waals surface area contributed by atoms with E-state index in [1.165, 1.54) is 5.56 Å². The van der Waals surface area contributed by atoms with E-state index in [0.717, 1.165) is 18.5 Å². The largest absolute Gasteiger partial charge is 0.323 e. The average Bonchev–Trinajstić information content (AvgIpc) is 2.79. The lowest BCUT2D eigenvalue weighted by atomic mass is 10.0. The maximum atomic E-state index is 6.26. The third kappa shape index (κ3) is 3.33. The Kier molecular flexibility index (Phi) is 4.56. The molecule has 1 atom stereocenters. The van der Waals surface area contributed by atoms with E-state index in [9.17, 15) is 0 Å². The third-order valence-corrected chi connectivity index (χ3v) is 3.39. The Hall–Kier alpha value is -1.39. The molecule has 0 aliphatic carbocycles. The molecular formula is C14H19ClN4. The van der Waals surface area contributed by atoms with Crippen molar-refractivity contribution in [3.63, 3.8) is 0 Å². The second-order valence-corrected chi connectivity index (χ2v) is 5.33. The molecule has 5 heteroatoms. The van der Waals surface area contributed by atoms with Gasteiger partial charge in [-0.05, 0) is 38.3 Å². The van der Waals surface area contributed by atoms with E-state index in [1.807, 2.05) is 16.9 Å². The number of nitrogens with zero attached hydrogens (tertiary/aromatic N) is 3. The molecule has 2 aromatic rings.